The number of imide groups is 1. The smallest absolute Gasteiger partial charge is 0.326 e. The number of nitrogens with one attached hydrogen (secondary N) is 1. The third-order valence-electron chi connectivity index (χ3n) is 5.85. The van der Waals surface area contributed by atoms with E-state index in [-0.39, 0.29) is 5.91 Å². The maximum Gasteiger partial charge on any atom is 0.326 e. The first-order valence-electron chi connectivity index (χ1n) is 10.3. The van der Waals surface area contributed by atoms with Gasteiger partial charge in [-0.1, -0.05) is 32.0 Å². The highest BCUT2D eigenvalue weighted by molar-refractivity contribution is 6.08. The van der Waals surface area contributed by atoms with Crippen molar-refractivity contribution in [3.8, 4) is 0 Å². The lowest BCUT2D eigenvalue weighted by Crippen LogP contribution is -2.50. The van der Waals surface area contributed by atoms with E-state index < -0.39 is 36.6 Å². The van der Waals surface area contributed by atoms with E-state index in [0.29, 0.717) is 39.0 Å². The van der Waals surface area contributed by atoms with Gasteiger partial charge in [0.2, 0.25) is 0 Å². The van der Waals surface area contributed by atoms with E-state index in [4.69, 9.17) is 4.74 Å². The van der Waals surface area contributed by atoms with Gasteiger partial charge in [-0.05, 0) is 25.0 Å². The van der Waals surface area contributed by atoms with Gasteiger partial charge in [0.25, 0.3) is 11.8 Å². The molecule has 0 aliphatic carbocycles. The molecule has 2 aliphatic rings. The number of esters is 1. The highest BCUT2D eigenvalue weighted by Gasteiger charge is 2.49. The van der Waals surface area contributed by atoms with Crippen LogP contribution in [0.5, 0.6) is 0 Å². The molecule has 30 heavy (non-hydrogen) atoms. The van der Waals surface area contributed by atoms with Gasteiger partial charge in [0.15, 0.2) is 6.61 Å². The van der Waals surface area contributed by atoms with Gasteiger partial charge in [-0.2, -0.15) is 0 Å². The van der Waals surface area contributed by atoms with Crippen LogP contribution in [-0.4, -0.2) is 78.5 Å². The van der Waals surface area contributed by atoms with E-state index in [1.165, 1.54) is 0 Å². The fourth-order valence-corrected chi connectivity index (χ4v) is 3.81. The van der Waals surface area contributed by atoms with Gasteiger partial charge < -0.3 is 19.9 Å². The fraction of sp³-hybridized carbons (Fsp3) is 0.524. The summed E-state index contributed by atoms with van der Waals surface area (Å²) < 4.78 is 5.04. The molecule has 1 N–H and O–H groups in total. The molecule has 162 valence electrons. The third-order valence-corrected chi connectivity index (χ3v) is 5.85. The average molecular weight is 416 g/mol. The summed E-state index contributed by atoms with van der Waals surface area (Å²) in [5.41, 5.74) is 0.144. The SMILES string of the molecule is CCC1(CC)NC(=O)N(CC(=O)OCC(=O)N2CCN(c3ccccc3)CC2)C1=O. The van der Waals surface area contributed by atoms with Crippen molar-refractivity contribution in [3.63, 3.8) is 0 Å². The average Bonchev–Trinajstić information content (AvgIpc) is 3.02. The molecule has 0 spiro atoms. The molecule has 0 unspecified atom stereocenters. The van der Waals surface area contributed by atoms with Gasteiger partial charge in [0, 0.05) is 31.9 Å². The van der Waals surface area contributed by atoms with Crippen molar-refractivity contribution >= 4 is 29.5 Å². The Labute approximate surface area is 175 Å². The number of hydrogen-bond donors (Lipinski definition) is 1. The maximum atomic E-state index is 12.5. The zero-order valence-electron chi connectivity index (χ0n) is 17.4. The van der Waals surface area contributed by atoms with E-state index >= 15 is 0 Å². The Balaban J connectivity index is 1.45. The van der Waals surface area contributed by atoms with Crippen molar-refractivity contribution < 1.29 is 23.9 Å². The number of benzene rings is 1. The molecule has 0 atom stereocenters. The van der Waals surface area contributed by atoms with Gasteiger partial charge in [-0.25, -0.2) is 4.79 Å². The predicted molar refractivity (Wildman–Crippen MR) is 110 cm³/mol. The summed E-state index contributed by atoms with van der Waals surface area (Å²) in [4.78, 5) is 53.8. The quantitative estimate of drug-likeness (QED) is 0.526. The molecule has 1 aromatic carbocycles. The molecule has 0 radical (unpaired) electrons. The predicted octanol–water partition coefficient (Wildman–Crippen LogP) is 0.989. The second-order valence-electron chi connectivity index (χ2n) is 7.47. The number of ether oxygens (including phenoxy) is 1. The lowest BCUT2D eigenvalue weighted by molar-refractivity contribution is -0.154. The number of urea groups is 1. The van der Waals surface area contributed by atoms with Gasteiger partial charge >= 0.3 is 12.0 Å². The number of amides is 4. The number of carbonyl (C=O) groups excluding carboxylic acids is 4. The van der Waals surface area contributed by atoms with E-state index in [2.05, 4.69) is 10.2 Å². The summed E-state index contributed by atoms with van der Waals surface area (Å²) in [7, 11) is 0. The lowest BCUT2D eigenvalue weighted by atomic mass is 9.93. The van der Waals surface area contributed by atoms with Gasteiger partial charge in [0.05, 0.1) is 0 Å². The first-order valence-corrected chi connectivity index (χ1v) is 10.3. The maximum absolute atomic E-state index is 12.5. The lowest BCUT2D eigenvalue weighted by Gasteiger charge is -2.36. The van der Waals surface area contributed by atoms with Crippen molar-refractivity contribution in [2.24, 2.45) is 0 Å². The van der Waals surface area contributed by atoms with Crippen LogP contribution in [0.4, 0.5) is 10.5 Å². The van der Waals surface area contributed by atoms with Crippen LogP contribution in [-0.2, 0) is 19.1 Å². The van der Waals surface area contributed by atoms with Crippen LogP contribution in [0.1, 0.15) is 26.7 Å². The Morgan fingerprint density at radius 3 is 2.23 bits per heavy atom. The molecule has 9 nitrogen and oxygen atoms in total. The molecule has 0 bridgehead atoms. The molecule has 0 aromatic heterocycles. The number of nitrogens with zero attached hydrogens (tertiary/aromatic N) is 3. The zero-order chi connectivity index (χ0) is 21.7. The molecule has 2 fully saturated rings. The van der Waals surface area contributed by atoms with Crippen LogP contribution in [0.2, 0.25) is 0 Å². The second-order valence-corrected chi connectivity index (χ2v) is 7.47. The van der Waals surface area contributed by atoms with Crippen LogP contribution in [0.15, 0.2) is 30.3 Å². The van der Waals surface area contributed by atoms with Crippen LogP contribution in [0, 0.1) is 0 Å². The van der Waals surface area contributed by atoms with E-state index in [1.54, 1.807) is 18.7 Å². The fourth-order valence-electron chi connectivity index (χ4n) is 3.81. The molecule has 2 heterocycles. The first kappa shape index (κ1) is 21.6. The van der Waals surface area contributed by atoms with Crippen LogP contribution < -0.4 is 10.2 Å². The minimum absolute atomic E-state index is 0.287. The number of hydrogen-bond acceptors (Lipinski definition) is 6. The largest absolute Gasteiger partial charge is 0.454 e. The zero-order valence-corrected chi connectivity index (χ0v) is 17.4. The molecular weight excluding hydrogens is 388 g/mol. The highest BCUT2D eigenvalue weighted by Crippen LogP contribution is 2.24. The molecule has 0 saturated carbocycles. The number of carbonyl (C=O) groups is 4. The van der Waals surface area contributed by atoms with Gasteiger partial charge in [-0.3, -0.25) is 19.3 Å². The summed E-state index contributed by atoms with van der Waals surface area (Å²) in [6, 6.07) is 9.36. The monoisotopic (exact) mass is 416 g/mol. The van der Waals surface area contributed by atoms with E-state index in [9.17, 15) is 19.2 Å². The topological polar surface area (TPSA) is 99.3 Å². The number of para-hydroxylation sites is 1. The number of piperazine rings is 1. The third kappa shape index (κ3) is 4.39. The standard InChI is InChI=1S/C21H28N4O5/c1-3-21(4-2)19(28)25(20(29)22-21)14-18(27)30-15-17(26)24-12-10-23(11-13-24)16-8-6-5-7-9-16/h5-9H,3-4,10-15H2,1-2H3,(H,22,29). The Morgan fingerprint density at radius 1 is 1.03 bits per heavy atom. The Hall–Kier alpha value is -3.10. The highest BCUT2D eigenvalue weighted by atomic mass is 16.5. The van der Waals surface area contributed by atoms with Crippen LogP contribution in [0.3, 0.4) is 0 Å². The molecule has 1 aromatic rings. The minimum atomic E-state index is -0.967. The normalized spacial score (nSPS) is 18.4. The summed E-state index contributed by atoms with van der Waals surface area (Å²) in [6.45, 7) is 5.17. The summed E-state index contributed by atoms with van der Waals surface area (Å²) in [5.74, 6) is -1.50. The molecular formula is C21H28N4O5. The van der Waals surface area contributed by atoms with Gasteiger partial charge in [0.1, 0.15) is 12.1 Å². The van der Waals surface area contributed by atoms with Crippen LogP contribution >= 0.6 is 0 Å². The van der Waals surface area contributed by atoms with Crippen molar-refractivity contribution in [1.82, 2.24) is 15.1 Å². The molecule has 2 saturated heterocycles. The Morgan fingerprint density at radius 2 is 1.67 bits per heavy atom. The van der Waals surface area contributed by atoms with Crippen LogP contribution in [0.25, 0.3) is 0 Å². The van der Waals surface area contributed by atoms with E-state index in [0.717, 1.165) is 10.6 Å². The summed E-state index contributed by atoms with van der Waals surface area (Å²) >= 11 is 0. The number of rotatable bonds is 7. The minimum Gasteiger partial charge on any atom is -0.454 e. The van der Waals surface area contributed by atoms with Crippen molar-refractivity contribution in [1.29, 1.82) is 0 Å². The molecule has 4 amide bonds. The molecule has 9 heteroatoms. The first-order chi connectivity index (χ1) is 14.4. The molecule has 2 aliphatic heterocycles. The molecule has 3 rings (SSSR count). The summed E-state index contributed by atoms with van der Waals surface area (Å²) in [6.07, 6.45) is 0.875. The Bertz CT molecular complexity index is 801. The van der Waals surface area contributed by atoms with Crippen molar-refractivity contribution in [2.75, 3.05) is 44.2 Å². The Kier molecular flexibility index (Phi) is 6.59. The second kappa shape index (κ2) is 9.15. The van der Waals surface area contributed by atoms with E-state index in [1.807, 2.05) is 30.3 Å². The van der Waals surface area contributed by atoms with Crippen molar-refractivity contribution in [2.45, 2.75) is 32.2 Å². The van der Waals surface area contributed by atoms with Crippen molar-refractivity contribution in [3.05, 3.63) is 30.3 Å². The number of anilines is 1. The van der Waals surface area contributed by atoms with Gasteiger partial charge in [-0.15, -0.1) is 0 Å². The summed E-state index contributed by atoms with van der Waals surface area (Å²) in [5, 5.41) is 2.66.